The van der Waals surface area contributed by atoms with E-state index in [1.807, 2.05) is 24.3 Å². The summed E-state index contributed by atoms with van der Waals surface area (Å²) in [5.74, 6) is 0.326. The van der Waals surface area contributed by atoms with Crippen molar-refractivity contribution in [2.45, 2.75) is 11.3 Å². The van der Waals surface area contributed by atoms with Crippen LogP contribution in [0.1, 0.15) is 5.56 Å². The van der Waals surface area contributed by atoms with Crippen LogP contribution < -0.4 is 19.1 Å². The van der Waals surface area contributed by atoms with Crippen molar-refractivity contribution in [1.29, 1.82) is 0 Å². The van der Waals surface area contributed by atoms with Crippen LogP contribution in [0.25, 0.3) is 0 Å². The molecule has 0 saturated heterocycles. The van der Waals surface area contributed by atoms with E-state index in [1.54, 1.807) is 4.90 Å². The molecule has 1 aliphatic rings. The molecule has 3 rings (SSSR count). The summed E-state index contributed by atoms with van der Waals surface area (Å²) < 4.78 is 37.7. The zero-order valence-electron chi connectivity index (χ0n) is 14.6. The van der Waals surface area contributed by atoms with Crippen molar-refractivity contribution in [3.05, 3.63) is 48.0 Å². The molecule has 0 radical (unpaired) electrons. The summed E-state index contributed by atoms with van der Waals surface area (Å²) in [5.41, 5.74) is 1.92. The quantitative estimate of drug-likeness (QED) is 0.827. The number of rotatable bonds is 6. The molecule has 1 aliphatic heterocycles. The van der Waals surface area contributed by atoms with Crippen molar-refractivity contribution in [3.8, 4) is 11.5 Å². The van der Waals surface area contributed by atoms with Crippen molar-refractivity contribution in [2.24, 2.45) is 0 Å². The summed E-state index contributed by atoms with van der Waals surface area (Å²) in [4.78, 5) is 14.0. The fourth-order valence-electron chi connectivity index (χ4n) is 2.92. The number of carbonyl (C=O) groups excluding carboxylic acids is 1. The van der Waals surface area contributed by atoms with Gasteiger partial charge in [-0.3, -0.25) is 4.79 Å². The summed E-state index contributed by atoms with van der Waals surface area (Å²) in [6.45, 7) is 0.220. The number of fused-ring (bicyclic) bond motifs is 1. The molecule has 1 N–H and O–H groups in total. The second-order valence-corrected chi connectivity index (χ2v) is 7.50. The van der Waals surface area contributed by atoms with Gasteiger partial charge in [-0.05, 0) is 30.2 Å². The average Bonchev–Trinajstić information content (AvgIpc) is 3.09. The SMILES string of the molecule is COc1ccc(S(=O)(=O)NCC(=O)N2CCc3ccccc32)c(OC)c1. The molecule has 0 unspecified atom stereocenters. The minimum absolute atomic E-state index is 0.0459. The largest absolute Gasteiger partial charge is 0.497 e. The first-order chi connectivity index (χ1) is 12.5. The number of ether oxygens (including phenoxy) is 2. The fraction of sp³-hybridized carbons (Fsp3) is 0.278. The highest BCUT2D eigenvalue weighted by Gasteiger charge is 2.26. The van der Waals surface area contributed by atoms with Gasteiger partial charge in [0.05, 0.1) is 20.8 Å². The normalized spacial score (nSPS) is 13.4. The molecule has 2 aromatic rings. The average molecular weight is 376 g/mol. The van der Waals surface area contributed by atoms with Gasteiger partial charge in [-0.2, -0.15) is 0 Å². The molecule has 8 heteroatoms. The van der Waals surface area contributed by atoms with E-state index in [0.717, 1.165) is 17.7 Å². The van der Waals surface area contributed by atoms with Crippen LogP contribution in [-0.2, 0) is 21.2 Å². The molecule has 1 heterocycles. The van der Waals surface area contributed by atoms with E-state index in [0.29, 0.717) is 12.3 Å². The van der Waals surface area contributed by atoms with E-state index in [4.69, 9.17) is 9.47 Å². The minimum atomic E-state index is -3.91. The van der Waals surface area contributed by atoms with E-state index >= 15 is 0 Å². The zero-order chi connectivity index (χ0) is 18.7. The van der Waals surface area contributed by atoms with E-state index in [-0.39, 0.29) is 23.1 Å². The first-order valence-electron chi connectivity index (χ1n) is 8.06. The Bertz CT molecular complexity index is 927. The van der Waals surface area contributed by atoms with Crippen LogP contribution in [0.4, 0.5) is 5.69 Å². The van der Waals surface area contributed by atoms with Crippen LogP contribution in [-0.4, -0.2) is 41.6 Å². The third kappa shape index (κ3) is 3.51. The molecule has 0 aromatic heterocycles. The molecule has 0 spiro atoms. The van der Waals surface area contributed by atoms with Crippen LogP contribution in [0.15, 0.2) is 47.4 Å². The lowest BCUT2D eigenvalue weighted by Crippen LogP contribution is -2.39. The van der Waals surface area contributed by atoms with Gasteiger partial charge in [-0.25, -0.2) is 13.1 Å². The van der Waals surface area contributed by atoms with Gasteiger partial charge >= 0.3 is 0 Å². The van der Waals surface area contributed by atoms with Gasteiger partial charge in [0.1, 0.15) is 16.4 Å². The minimum Gasteiger partial charge on any atom is -0.497 e. The Morgan fingerprint density at radius 1 is 1.15 bits per heavy atom. The molecule has 138 valence electrons. The van der Waals surface area contributed by atoms with Crippen molar-refractivity contribution in [3.63, 3.8) is 0 Å². The summed E-state index contributed by atoms with van der Waals surface area (Å²) >= 11 is 0. The molecule has 1 amide bonds. The highest BCUT2D eigenvalue weighted by Crippen LogP contribution is 2.29. The van der Waals surface area contributed by atoms with Gasteiger partial charge in [0, 0.05) is 18.3 Å². The van der Waals surface area contributed by atoms with Crippen LogP contribution in [0, 0.1) is 0 Å². The van der Waals surface area contributed by atoms with Gasteiger partial charge in [0.25, 0.3) is 0 Å². The molecule has 0 aliphatic carbocycles. The molecule has 0 saturated carbocycles. The number of para-hydroxylation sites is 1. The number of anilines is 1. The number of nitrogens with zero attached hydrogens (tertiary/aromatic N) is 1. The number of methoxy groups -OCH3 is 2. The van der Waals surface area contributed by atoms with Crippen LogP contribution in [0.2, 0.25) is 0 Å². The number of carbonyl (C=O) groups is 1. The monoisotopic (exact) mass is 376 g/mol. The summed E-state index contributed by atoms with van der Waals surface area (Å²) in [6, 6.07) is 12.0. The van der Waals surface area contributed by atoms with Crippen molar-refractivity contribution in [2.75, 3.05) is 32.2 Å². The Morgan fingerprint density at radius 2 is 1.92 bits per heavy atom. The highest BCUT2D eigenvalue weighted by atomic mass is 32.2. The van der Waals surface area contributed by atoms with E-state index in [2.05, 4.69) is 4.72 Å². The summed E-state index contributed by atoms with van der Waals surface area (Å²) in [5, 5.41) is 0. The smallest absolute Gasteiger partial charge is 0.244 e. The number of hydrogen-bond acceptors (Lipinski definition) is 5. The second-order valence-electron chi connectivity index (χ2n) is 5.77. The topological polar surface area (TPSA) is 84.9 Å². The van der Waals surface area contributed by atoms with Gasteiger partial charge in [0.2, 0.25) is 15.9 Å². The van der Waals surface area contributed by atoms with Crippen molar-refractivity contribution < 1.29 is 22.7 Å². The lowest BCUT2D eigenvalue weighted by molar-refractivity contribution is -0.117. The van der Waals surface area contributed by atoms with Crippen LogP contribution in [0.5, 0.6) is 11.5 Å². The van der Waals surface area contributed by atoms with Gasteiger partial charge in [0.15, 0.2) is 0 Å². The van der Waals surface area contributed by atoms with Crippen LogP contribution in [0.3, 0.4) is 0 Å². The molecule has 0 fully saturated rings. The van der Waals surface area contributed by atoms with E-state index in [9.17, 15) is 13.2 Å². The predicted molar refractivity (Wildman–Crippen MR) is 97.2 cm³/mol. The maximum atomic E-state index is 12.6. The lowest BCUT2D eigenvalue weighted by Gasteiger charge is -2.18. The van der Waals surface area contributed by atoms with E-state index < -0.39 is 10.0 Å². The summed E-state index contributed by atoms with van der Waals surface area (Å²) in [7, 11) is -1.05. The summed E-state index contributed by atoms with van der Waals surface area (Å²) in [6.07, 6.45) is 0.765. The molecule has 0 bridgehead atoms. The van der Waals surface area contributed by atoms with Gasteiger partial charge in [-0.15, -0.1) is 0 Å². The fourth-order valence-corrected chi connectivity index (χ4v) is 4.05. The number of sulfonamides is 1. The highest BCUT2D eigenvalue weighted by molar-refractivity contribution is 7.89. The van der Waals surface area contributed by atoms with Gasteiger partial charge < -0.3 is 14.4 Å². The number of amides is 1. The van der Waals surface area contributed by atoms with Crippen molar-refractivity contribution in [1.82, 2.24) is 4.72 Å². The Balaban J connectivity index is 1.74. The maximum absolute atomic E-state index is 12.6. The molecular weight excluding hydrogens is 356 g/mol. The predicted octanol–water partition coefficient (Wildman–Crippen LogP) is 1.57. The Labute approximate surface area is 152 Å². The molecular formula is C18H20N2O5S. The number of benzene rings is 2. The Kier molecular flexibility index (Phi) is 5.15. The van der Waals surface area contributed by atoms with Crippen molar-refractivity contribution >= 4 is 21.6 Å². The first-order valence-corrected chi connectivity index (χ1v) is 9.54. The standard InChI is InChI=1S/C18H20N2O5S/c1-24-14-7-8-17(16(11-14)25-2)26(22,23)19-12-18(21)20-10-9-13-5-3-4-6-15(13)20/h3-8,11,19H,9-10,12H2,1-2H3. The number of hydrogen-bond donors (Lipinski definition) is 1. The third-order valence-corrected chi connectivity index (χ3v) is 5.70. The Hall–Kier alpha value is -2.58. The molecule has 0 atom stereocenters. The zero-order valence-corrected chi connectivity index (χ0v) is 15.4. The molecule has 7 nitrogen and oxygen atoms in total. The molecule has 2 aromatic carbocycles. The molecule has 26 heavy (non-hydrogen) atoms. The van der Waals surface area contributed by atoms with Gasteiger partial charge in [-0.1, -0.05) is 18.2 Å². The second kappa shape index (κ2) is 7.35. The number of nitrogens with one attached hydrogen (secondary N) is 1. The third-order valence-electron chi connectivity index (χ3n) is 4.26. The first kappa shape index (κ1) is 18.2. The van der Waals surface area contributed by atoms with E-state index in [1.165, 1.54) is 32.4 Å². The maximum Gasteiger partial charge on any atom is 0.244 e. The van der Waals surface area contributed by atoms with Crippen LogP contribution >= 0.6 is 0 Å². The Morgan fingerprint density at radius 3 is 2.65 bits per heavy atom. The lowest BCUT2D eigenvalue weighted by atomic mass is 10.2.